The van der Waals surface area contributed by atoms with E-state index in [-0.39, 0.29) is 0 Å². The molecular weight excluding hydrogens is 230 g/mol. The predicted molar refractivity (Wildman–Crippen MR) is 74.2 cm³/mol. The lowest BCUT2D eigenvalue weighted by Crippen LogP contribution is -2.40. The summed E-state index contributed by atoms with van der Waals surface area (Å²) in [6, 6.07) is 7.64. The summed E-state index contributed by atoms with van der Waals surface area (Å²) in [5.74, 6) is 0. The number of nitriles is 1. The van der Waals surface area contributed by atoms with E-state index in [1.165, 1.54) is 19.3 Å². The fourth-order valence-electron chi connectivity index (χ4n) is 2.05. The molecule has 0 aromatic heterocycles. The summed E-state index contributed by atoms with van der Waals surface area (Å²) in [5, 5.41) is 12.3. The number of nitrogens with two attached hydrogens (primary N) is 1. The van der Waals surface area contributed by atoms with Gasteiger partial charge in [0.05, 0.1) is 5.56 Å². The quantitative estimate of drug-likeness (QED) is 0.803. The monoisotopic (exact) mass is 247 g/mol. The van der Waals surface area contributed by atoms with Gasteiger partial charge in [-0.15, -0.1) is 0 Å². The Hall–Kier alpha value is -1.34. The van der Waals surface area contributed by atoms with Crippen LogP contribution >= 0.6 is 11.8 Å². The summed E-state index contributed by atoms with van der Waals surface area (Å²) in [4.78, 5) is 0. The summed E-state index contributed by atoms with van der Waals surface area (Å²) >= 11 is 1.94. The van der Waals surface area contributed by atoms with E-state index >= 15 is 0 Å². The van der Waals surface area contributed by atoms with Crippen molar-refractivity contribution >= 4 is 23.1 Å². The molecule has 0 unspecified atom stereocenters. The maximum absolute atomic E-state index is 8.91. The van der Waals surface area contributed by atoms with Crippen molar-refractivity contribution in [3.8, 4) is 6.07 Å². The summed E-state index contributed by atoms with van der Waals surface area (Å²) in [7, 11) is 0. The van der Waals surface area contributed by atoms with Gasteiger partial charge in [-0.25, -0.2) is 0 Å². The van der Waals surface area contributed by atoms with E-state index in [0.717, 1.165) is 12.2 Å². The van der Waals surface area contributed by atoms with E-state index in [0.29, 0.717) is 16.0 Å². The largest absolute Gasteiger partial charge is 0.398 e. The normalized spacial score (nSPS) is 16.9. The van der Waals surface area contributed by atoms with Gasteiger partial charge >= 0.3 is 0 Å². The number of hydrogen-bond acceptors (Lipinski definition) is 4. The summed E-state index contributed by atoms with van der Waals surface area (Å²) in [6.07, 6.45) is 6.06. The van der Waals surface area contributed by atoms with Gasteiger partial charge in [0.1, 0.15) is 6.07 Å². The number of benzene rings is 1. The molecule has 1 aliphatic carbocycles. The molecule has 0 atom stereocenters. The molecule has 1 saturated carbocycles. The van der Waals surface area contributed by atoms with Gasteiger partial charge in [-0.1, -0.05) is 6.42 Å². The molecule has 1 aliphatic rings. The lowest BCUT2D eigenvalue weighted by atomic mass is 9.84. The van der Waals surface area contributed by atoms with Crippen molar-refractivity contribution in [3.63, 3.8) is 0 Å². The number of nitrogens with one attached hydrogen (secondary N) is 1. The van der Waals surface area contributed by atoms with E-state index in [9.17, 15) is 0 Å². The van der Waals surface area contributed by atoms with Crippen LogP contribution in [-0.4, -0.2) is 17.5 Å². The topological polar surface area (TPSA) is 61.8 Å². The molecule has 4 heteroatoms. The highest BCUT2D eigenvalue weighted by atomic mass is 32.2. The van der Waals surface area contributed by atoms with Gasteiger partial charge in [-0.3, -0.25) is 0 Å². The second-order valence-corrected chi connectivity index (χ2v) is 5.78. The van der Waals surface area contributed by atoms with Crippen LogP contribution in [0.15, 0.2) is 18.2 Å². The van der Waals surface area contributed by atoms with E-state index in [1.54, 1.807) is 6.07 Å². The fourth-order valence-corrected chi connectivity index (χ4v) is 2.96. The Balaban J connectivity index is 2.02. The Morgan fingerprint density at radius 1 is 1.53 bits per heavy atom. The van der Waals surface area contributed by atoms with Gasteiger partial charge in [0.25, 0.3) is 0 Å². The van der Waals surface area contributed by atoms with Gasteiger partial charge in [0, 0.05) is 22.7 Å². The van der Waals surface area contributed by atoms with Crippen LogP contribution < -0.4 is 11.1 Å². The molecule has 0 spiro atoms. The van der Waals surface area contributed by atoms with Crippen molar-refractivity contribution in [2.75, 3.05) is 23.9 Å². The SMILES string of the molecule is CSC1(CNc2ccc(N)c(C#N)c2)CCC1. The average molecular weight is 247 g/mol. The standard InChI is InChI=1S/C13H17N3S/c1-17-13(5-2-6-13)9-16-11-3-4-12(15)10(7-11)8-14/h3-4,7,16H,2,5-6,9,15H2,1H3. The zero-order chi connectivity index (χ0) is 12.3. The Morgan fingerprint density at radius 2 is 2.29 bits per heavy atom. The predicted octanol–water partition coefficient (Wildman–Crippen LogP) is 2.84. The first kappa shape index (κ1) is 12.1. The van der Waals surface area contributed by atoms with Crippen LogP contribution in [0, 0.1) is 11.3 Å². The maximum atomic E-state index is 8.91. The smallest absolute Gasteiger partial charge is 0.101 e. The number of nitrogens with zero attached hydrogens (tertiary/aromatic N) is 1. The highest BCUT2D eigenvalue weighted by Gasteiger charge is 2.35. The minimum absolute atomic E-state index is 0.397. The first-order valence-corrected chi connectivity index (χ1v) is 7.00. The van der Waals surface area contributed by atoms with E-state index in [1.807, 2.05) is 23.9 Å². The summed E-state index contributed by atoms with van der Waals surface area (Å²) < 4.78 is 0.397. The molecule has 1 fully saturated rings. The number of thioether (sulfide) groups is 1. The van der Waals surface area contributed by atoms with Crippen molar-refractivity contribution in [1.82, 2.24) is 0 Å². The number of hydrogen-bond donors (Lipinski definition) is 2. The lowest BCUT2D eigenvalue weighted by molar-refractivity contribution is 0.380. The molecule has 0 aliphatic heterocycles. The molecule has 0 heterocycles. The van der Waals surface area contributed by atoms with Crippen molar-refractivity contribution in [3.05, 3.63) is 23.8 Å². The first-order chi connectivity index (χ1) is 8.19. The number of nitrogen functional groups attached to an aromatic ring is 1. The second kappa shape index (κ2) is 4.89. The Morgan fingerprint density at radius 3 is 2.82 bits per heavy atom. The Bertz CT molecular complexity index is 441. The van der Waals surface area contributed by atoms with Crippen LogP contribution in [-0.2, 0) is 0 Å². The molecule has 17 heavy (non-hydrogen) atoms. The van der Waals surface area contributed by atoms with Crippen molar-refractivity contribution in [1.29, 1.82) is 5.26 Å². The van der Waals surface area contributed by atoms with Crippen molar-refractivity contribution in [2.45, 2.75) is 24.0 Å². The molecule has 0 saturated heterocycles. The van der Waals surface area contributed by atoms with Gasteiger partial charge in [0.15, 0.2) is 0 Å². The van der Waals surface area contributed by atoms with Crippen LogP contribution in [0.1, 0.15) is 24.8 Å². The Kier molecular flexibility index (Phi) is 3.49. The molecular formula is C13H17N3S. The lowest BCUT2D eigenvalue weighted by Gasteiger charge is -2.40. The van der Waals surface area contributed by atoms with E-state index in [2.05, 4.69) is 17.6 Å². The Labute approximate surface area is 106 Å². The molecule has 1 aromatic carbocycles. The van der Waals surface area contributed by atoms with Gasteiger partial charge in [-0.05, 0) is 37.3 Å². The van der Waals surface area contributed by atoms with Crippen molar-refractivity contribution in [2.24, 2.45) is 0 Å². The molecule has 90 valence electrons. The zero-order valence-electron chi connectivity index (χ0n) is 9.99. The third-order valence-electron chi connectivity index (χ3n) is 3.49. The first-order valence-electron chi connectivity index (χ1n) is 5.78. The molecule has 3 nitrogen and oxygen atoms in total. The molecule has 0 amide bonds. The van der Waals surface area contributed by atoms with Gasteiger partial charge < -0.3 is 11.1 Å². The maximum Gasteiger partial charge on any atom is 0.101 e. The van der Waals surface area contributed by atoms with Crippen molar-refractivity contribution < 1.29 is 0 Å². The molecule has 0 radical (unpaired) electrons. The van der Waals surface area contributed by atoms with Crippen LogP contribution in [0.3, 0.4) is 0 Å². The van der Waals surface area contributed by atoms with E-state index < -0.39 is 0 Å². The van der Waals surface area contributed by atoms with Gasteiger partial charge in [-0.2, -0.15) is 17.0 Å². The summed E-state index contributed by atoms with van der Waals surface area (Å²) in [5.41, 5.74) is 7.76. The second-order valence-electron chi connectivity index (χ2n) is 4.51. The zero-order valence-corrected chi connectivity index (χ0v) is 10.8. The third kappa shape index (κ3) is 2.50. The minimum Gasteiger partial charge on any atom is -0.398 e. The highest BCUT2D eigenvalue weighted by Crippen LogP contribution is 2.42. The van der Waals surface area contributed by atoms with E-state index in [4.69, 9.17) is 11.0 Å². The minimum atomic E-state index is 0.397. The van der Waals surface area contributed by atoms with Gasteiger partial charge in [0.2, 0.25) is 0 Å². The molecule has 3 N–H and O–H groups in total. The molecule has 0 bridgehead atoms. The third-order valence-corrected chi connectivity index (χ3v) is 4.90. The molecule has 2 rings (SSSR count). The van der Waals surface area contributed by atoms with Crippen LogP contribution in [0.25, 0.3) is 0 Å². The fraction of sp³-hybridized carbons (Fsp3) is 0.462. The van der Waals surface area contributed by atoms with Crippen LogP contribution in [0.4, 0.5) is 11.4 Å². The number of anilines is 2. The molecule has 1 aromatic rings. The number of rotatable bonds is 4. The highest BCUT2D eigenvalue weighted by molar-refractivity contribution is 8.00. The van der Waals surface area contributed by atoms with Crippen LogP contribution in [0.5, 0.6) is 0 Å². The summed E-state index contributed by atoms with van der Waals surface area (Å²) in [6.45, 7) is 0.961. The average Bonchev–Trinajstić information content (AvgIpc) is 2.30. The van der Waals surface area contributed by atoms with Crippen LogP contribution in [0.2, 0.25) is 0 Å².